The first-order chi connectivity index (χ1) is 16.9. The van der Waals surface area contributed by atoms with Crippen LogP contribution in [-0.2, 0) is 21.2 Å². The summed E-state index contributed by atoms with van der Waals surface area (Å²) in [6.45, 7) is 5.65. The van der Waals surface area contributed by atoms with Gasteiger partial charge in [0.25, 0.3) is 0 Å². The van der Waals surface area contributed by atoms with Gasteiger partial charge in [-0.25, -0.2) is 17.8 Å². The second kappa shape index (κ2) is 13.1. The van der Waals surface area contributed by atoms with Crippen LogP contribution in [0.4, 0.5) is 4.39 Å². The summed E-state index contributed by atoms with van der Waals surface area (Å²) in [6.07, 6.45) is -3.01. The van der Waals surface area contributed by atoms with Crippen LogP contribution in [0.3, 0.4) is 0 Å². The first-order valence-electron chi connectivity index (χ1n) is 11.6. The fourth-order valence-electron chi connectivity index (χ4n) is 4.06. The maximum absolute atomic E-state index is 13.6. The van der Waals surface area contributed by atoms with Gasteiger partial charge in [0.05, 0.1) is 22.8 Å². The Morgan fingerprint density at radius 3 is 2.19 bits per heavy atom. The Morgan fingerprint density at radius 1 is 1.05 bits per heavy atom. The zero-order valence-electron chi connectivity index (χ0n) is 21.4. The molecule has 2 aromatic carbocycles. The van der Waals surface area contributed by atoms with Gasteiger partial charge in [0.1, 0.15) is 11.6 Å². The van der Waals surface area contributed by atoms with Gasteiger partial charge in [-0.1, -0.05) is 31.5 Å². The van der Waals surface area contributed by atoms with E-state index in [9.17, 15) is 32.9 Å². The Bertz CT molecular complexity index is 1310. The molecule has 3 aromatic rings. The van der Waals surface area contributed by atoms with Gasteiger partial charge in [0.15, 0.2) is 5.03 Å². The van der Waals surface area contributed by atoms with E-state index >= 15 is 0 Å². The number of nitrogens with zero attached hydrogens (tertiary/aromatic N) is 2. The SMILES string of the molecule is Cc1ccc(S(=O)(=O)c2nc(-c3ccc(F)cc3)n(CC[C@@H](O)C[C@H](O)CC(=O)[O-])c2C(C)C)cc1.[Na+]. The number of aliphatic carboxylic acids is 1. The quantitative estimate of drug-likeness (QED) is 0.316. The first kappa shape index (κ1) is 31.1. The molecule has 2 atom stereocenters. The minimum Gasteiger partial charge on any atom is -0.550 e. The van der Waals surface area contributed by atoms with E-state index in [4.69, 9.17) is 0 Å². The summed E-state index contributed by atoms with van der Waals surface area (Å²) in [4.78, 5) is 15.3. The number of aliphatic hydroxyl groups excluding tert-OH is 2. The van der Waals surface area contributed by atoms with Gasteiger partial charge in [-0.05, 0) is 62.1 Å². The third-order valence-corrected chi connectivity index (χ3v) is 7.54. The molecule has 0 radical (unpaired) electrons. The van der Waals surface area contributed by atoms with Gasteiger partial charge < -0.3 is 24.7 Å². The van der Waals surface area contributed by atoms with Gasteiger partial charge >= 0.3 is 29.6 Å². The Labute approximate surface area is 238 Å². The van der Waals surface area contributed by atoms with Crippen LogP contribution in [0.25, 0.3) is 11.4 Å². The fraction of sp³-hybridized carbons (Fsp3) is 0.385. The number of carbonyl (C=O) groups excluding carboxylic acids is 1. The van der Waals surface area contributed by atoms with Crippen molar-refractivity contribution in [1.29, 1.82) is 0 Å². The Morgan fingerprint density at radius 2 is 1.65 bits per heavy atom. The number of aliphatic hydroxyl groups is 2. The zero-order chi connectivity index (χ0) is 26.6. The molecule has 0 unspecified atom stereocenters. The number of imidazole rings is 1. The number of hydrogen-bond acceptors (Lipinski definition) is 7. The number of rotatable bonds is 11. The Kier molecular flexibility index (Phi) is 11.0. The molecule has 2 N–H and O–H groups in total. The monoisotopic (exact) mass is 540 g/mol. The van der Waals surface area contributed by atoms with Crippen LogP contribution >= 0.6 is 0 Å². The molecule has 0 aliphatic carbocycles. The van der Waals surface area contributed by atoms with Crippen molar-refractivity contribution in [1.82, 2.24) is 9.55 Å². The van der Waals surface area contributed by atoms with E-state index in [1.165, 1.54) is 36.4 Å². The van der Waals surface area contributed by atoms with Crippen molar-refractivity contribution in [2.24, 2.45) is 0 Å². The van der Waals surface area contributed by atoms with Crippen molar-refractivity contribution in [2.45, 2.75) is 74.6 Å². The normalized spacial score (nSPS) is 13.3. The van der Waals surface area contributed by atoms with Crippen molar-refractivity contribution in [3.63, 3.8) is 0 Å². The number of carbonyl (C=O) groups is 1. The second-order valence-corrected chi connectivity index (χ2v) is 11.0. The Balaban J connectivity index is 0.00000481. The van der Waals surface area contributed by atoms with Gasteiger partial charge in [0, 0.05) is 24.5 Å². The molecule has 194 valence electrons. The van der Waals surface area contributed by atoms with Crippen LogP contribution in [0.2, 0.25) is 0 Å². The van der Waals surface area contributed by atoms with Crippen molar-refractivity contribution in [3.05, 3.63) is 65.6 Å². The summed E-state index contributed by atoms with van der Waals surface area (Å²) in [5, 5.41) is 30.8. The van der Waals surface area contributed by atoms with E-state index in [0.717, 1.165) is 5.56 Å². The first-order valence-corrected chi connectivity index (χ1v) is 13.1. The molecule has 0 saturated carbocycles. The van der Waals surface area contributed by atoms with E-state index in [1.54, 1.807) is 16.7 Å². The largest absolute Gasteiger partial charge is 1.00 e. The van der Waals surface area contributed by atoms with Crippen LogP contribution in [0.1, 0.15) is 50.3 Å². The molecule has 37 heavy (non-hydrogen) atoms. The van der Waals surface area contributed by atoms with E-state index < -0.39 is 40.3 Å². The minimum atomic E-state index is -4.00. The number of carboxylic acid groups (broad SMARTS) is 1. The predicted octanol–water partition coefficient (Wildman–Crippen LogP) is -0.400. The average molecular weight is 541 g/mol. The fourth-order valence-corrected chi connectivity index (χ4v) is 5.61. The zero-order valence-corrected chi connectivity index (χ0v) is 24.2. The summed E-state index contributed by atoms with van der Waals surface area (Å²) in [5.41, 5.74) is 1.83. The number of aromatic nitrogens is 2. The third kappa shape index (κ3) is 7.72. The maximum atomic E-state index is 13.6. The van der Waals surface area contributed by atoms with Gasteiger partial charge in [-0.3, -0.25) is 0 Å². The molecule has 0 bridgehead atoms. The molecule has 1 aromatic heterocycles. The van der Waals surface area contributed by atoms with Gasteiger partial charge in [-0.15, -0.1) is 0 Å². The predicted molar refractivity (Wildman–Crippen MR) is 129 cm³/mol. The number of aryl methyl sites for hydroxylation is 1. The molecule has 0 amide bonds. The summed E-state index contributed by atoms with van der Waals surface area (Å²) in [7, 11) is -4.00. The molecule has 0 aliphatic rings. The third-order valence-electron chi connectivity index (χ3n) is 5.84. The molecular formula is C26H30FN2NaO6S. The van der Waals surface area contributed by atoms with Gasteiger partial charge in [0.2, 0.25) is 9.84 Å². The van der Waals surface area contributed by atoms with Crippen LogP contribution in [-0.4, -0.2) is 46.4 Å². The number of benzene rings is 2. The molecule has 0 spiro atoms. The molecule has 3 rings (SSSR count). The molecule has 11 heteroatoms. The van der Waals surface area contributed by atoms with E-state index in [1.807, 2.05) is 20.8 Å². The van der Waals surface area contributed by atoms with E-state index in [2.05, 4.69) is 4.98 Å². The summed E-state index contributed by atoms with van der Waals surface area (Å²) in [6, 6.07) is 12.0. The molecule has 0 aliphatic heterocycles. The molecule has 0 saturated heterocycles. The molecule has 8 nitrogen and oxygen atoms in total. The maximum Gasteiger partial charge on any atom is 1.00 e. The van der Waals surface area contributed by atoms with Crippen LogP contribution in [0.15, 0.2) is 58.5 Å². The smallest absolute Gasteiger partial charge is 0.550 e. The summed E-state index contributed by atoms with van der Waals surface area (Å²) < 4.78 is 42.5. The standard InChI is InChI=1S/C26H31FN2O6S.Na/c1-16(2)24-26(36(34,35)22-10-4-17(3)5-11-22)28-25(18-6-8-19(27)9-7-18)29(24)13-12-20(30)14-21(31)15-23(32)33;/h4-11,16,20-21,30-31H,12-15H2,1-3H3,(H,32,33);/q;+1/p-1/t20-,21+;/m1./s1. The number of carboxylic acids is 1. The minimum absolute atomic E-state index is 0. The second-order valence-electron chi connectivity index (χ2n) is 9.16. The number of hydrogen-bond donors (Lipinski definition) is 2. The Hall–Kier alpha value is -2.08. The number of halogens is 1. The van der Waals surface area contributed by atoms with Crippen molar-refractivity contribution < 1.29 is 62.5 Å². The van der Waals surface area contributed by atoms with Crippen molar-refractivity contribution in [3.8, 4) is 11.4 Å². The van der Waals surface area contributed by atoms with Crippen LogP contribution < -0.4 is 34.7 Å². The number of sulfone groups is 1. The summed E-state index contributed by atoms with van der Waals surface area (Å²) >= 11 is 0. The van der Waals surface area contributed by atoms with Gasteiger partial charge in [-0.2, -0.15) is 0 Å². The van der Waals surface area contributed by atoms with E-state index in [-0.39, 0.29) is 64.8 Å². The topological polar surface area (TPSA) is 133 Å². The summed E-state index contributed by atoms with van der Waals surface area (Å²) in [5.74, 6) is -1.85. The van der Waals surface area contributed by atoms with Crippen LogP contribution in [0, 0.1) is 12.7 Å². The van der Waals surface area contributed by atoms with Crippen molar-refractivity contribution >= 4 is 15.8 Å². The molecule has 1 heterocycles. The average Bonchev–Trinajstić information content (AvgIpc) is 3.18. The van der Waals surface area contributed by atoms with Crippen molar-refractivity contribution in [2.75, 3.05) is 0 Å². The molecule has 0 fully saturated rings. The molecular weight excluding hydrogens is 510 g/mol. The van der Waals surface area contributed by atoms with Crippen LogP contribution in [0.5, 0.6) is 0 Å². The van der Waals surface area contributed by atoms with E-state index in [0.29, 0.717) is 17.1 Å².